The molecule has 3 rings (SSSR count). The summed E-state index contributed by atoms with van der Waals surface area (Å²) in [6.45, 7) is 5.07. The molecule has 1 unspecified atom stereocenters. The molecule has 1 heterocycles. The van der Waals surface area contributed by atoms with Gasteiger partial charge in [0.15, 0.2) is 0 Å². The molecule has 1 atom stereocenters. The van der Waals surface area contributed by atoms with E-state index >= 15 is 0 Å². The van der Waals surface area contributed by atoms with Gasteiger partial charge in [0.05, 0.1) is 11.1 Å². The van der Waals surface area contributed by atoms with Crippen LogP contribution in [0.5, 0.6) is 0 Å². The third kappa shape index (κ3) is 6.68. The second-order valence-corrected chi connectivity index (χ2v) is 9.80. The first-order chi connectivity index (χ1) is 15.4. The number of carbonyl (C=O) groups is 1. The lowest BCUT2D eigenvalue weighted by Crippen LogP contribution is -2.32. The number of hydrogen-bond donors (Lipinski definition) is 2. The Morgan fingerprint density at radius 1 is 1.22 bits per heavy atom. The van der Waals surface area contributed by atoms with Crippen molar-refractivity contribution in [1.29, 1.82) is 0 Å². The van der Waals surface area contributed by atoms with Crippen LogP contribution in [-0.4, -0.2) is 53.2 Å². The van der Waals surface area contributed by atoms with Crippen molar-refractivity contribution in [3.05, 3.63) is 59.1 Å². The van der Waals surface area contributed by atoms with E-state index in [0.717, 1.165) is 38.0 Å². The van der Waals surface area contributed by atoms with Crippen molar-refractivity contribution < 1.29 is 17.9 Å². The van der Waals surface area contributed by atoms with Crippen molar-refractivity contribution in [1.82, 2.24) is 10.0 Å². The molecule has 32 heavy (non-hydrogen) atoms. The minimum Gasteiger partial charge on any atom is -0.377 e. The zero-order valence-corrected chi connectivity index (χ0v) is 19.8. The van der Waals surface area contributed by atoms with Gasteiger partial charge in [-0.25, -0.2) is 13.1 Å². The largest absolute Gasteiger partial charge is 0.377 e. The first-order valence-electron chi connectivity index (χ1n) is 10.9. The molecular weight excluding hydrogens is 450 g/mol. The van der Waals surface area contributed by atoms with Gasteiger partial charge >= 0.3 is 0 Å². The van der Waals surface area contributed by atoms with Gasteiger partial charge in [0.2, 0.25) is 10.0 Å². The molecule has 9 heteroatoms. The van der Waals surface area contributed by atoms with Crippen molar-refractivity contribution in [2.45, 2.75) is 37.2 Å². The van der Waals surface area contributed by atoms with E-state index < -0.39 is 10.0 Å². The topological polar surface area (TPSA) is 87.7 Å². The normalized spacial score (nSPS) is 16.1. The average Bonchev–Trinajstić information content (AvgIpc) is 3.32. The third-order valence-corrected chi connectivity index (χ3v) is 7.31. The Kier molecular flexibility index (Phi) is 8.92. The first-order valence-corrected chi connectivity index (χ1v) is 12.8. The minimum atomic E-state index is -3.85. The zero-order chi connectivity index (χ0) is 23.0. The Labute approximate surface area is 195 Å². The van der Waals surface area contributed by atoms with Crippen LogP contribution in [0, 0.1) is 0 Å². The third-order valence-electron chi connectivity index (χ3n) is 5.40. The monoisotopic (exact) mass is 479 g/mol. The molecule has 0 saturated carbocycles. The van der Waals surface area contributed by atoms with E-state index in [4.69, 9.17) is 16.3 Å². The van der Waals surface area contributed by atoms with E-state index in [-0.39, 0.29) is 34.0 Å². The number of sulfonamides is 1. The molecule has 0 aromatic heterocycles. The van der Waals surface area contributed by atoms with Gasteiger partial charge in [0.25, 0.3) is 5.91 Å². The molecule has 1 fully saturated rings. The summed E-state index contributed by atoms with van der Waals surface area (Å²) in [5.41, 5.74) is 1.40. The predicted molar refractivity (Wildman–Crippen MR) is 127 cm³/mol. The highest BCUT2D eigenvalue weighted by Gasteiger charge is 2.23. The molecule has 174 valence electrons. The van der Waals surface area contributed by atoms with Gasteiger partial charge in [0.1, 0.15) is 4.90 Å². The van der Waals surface area contributed by atoms with Crippen LogP contribution in [0.1, 0.15) is 36.5 Å². The van der Waals surface area contributed by atoms with E-state index in [1.54, 1.807) is 0 Å². The zero-order valence-electron chi connectivity index (χ0n) is 18.2. The average molecular weight is 480 g/mol. The summed E-state index contributed by atoms with van der Waals surface area (Å²) < 4.78 is 33.4. The van der Waals surface area contributed by atoms with E-state index in [0.29, 0.717) is 13.2 Å². The number of nitrogens with zero attached hydrogens (tertiary/aromatic N) is 1. The highest BCUT2D eigenvalue weighted by Crippen LogP contribution is 2.23. The van der Waals surface area contributed by atoms with Crippen molar-refractivity contribution >= 4 is 33.2 Å². The first kappa shape index (κ1) is 24.5. The van der Waals surface area contributed by atoms with Gasteiger partial charge in [-0.2, -0.15) is 0 Å². The van der Waals surface area contributed by atoms with Crippen LogP contribution in [0.25, 0.3) is 0 Å². The molecule has 1 saturated heterocycles. The summed E-state index contributed by atoms with van der Waals surface area (Å²) in [6.07, 6.45) is 2.37. The Balaban J connectivity index is 1.55. The van der Waals surface area contributed by atoms with Crippen LogP contribution in [-0.2, 0) is 14.8 Å². The molecule has 2 N–H and O–H groups in total. The van der Waals surface area contributed by atoms with Crippen molar-refractivity contribution in [2.24, 2.45) is 0 Å². The molecular formula is C23H30ClN3O4S. The highest BCUT2D eigenvalue weighted by molar-refractivity contribution is 7.89. The number of para-hydroxylation sites is 1. The summed E-state index contributed by atoms with van der Waals surface area (Å²) in [5, 5.41) is 2.93. The summed E-state index contributed by atoms with van der Waals surface area (Å²) in [7, 11) is -3.85. The van der Waals surface area contributed by atoms with Crippen molar-refractivity contribution in [3.8, 4) is 0 Å². The van der Waals surface area contributed by atoms with E-state index in [1.165, 1.54) is 18.2 Å². The quantitative estimate of drug-likeness (QED) is 0.482. The van der Waals surface area contributed by atoms with Gasteiger partial charge in [-0.1, -0.05) is 29.8 Å². The summed E-state index contributed by atoms with van der Waals surface area (Å²) in [5.74, 6) is -0.333. The second-order valence-electron chi connectivity index (χ2n) is 7.66. The minimum absolute atomic E-state index is 0.0721. The Hall–Kier alpha value is -2.13. The van der Waals surface area contributed by atoms with Gasteiger partial charge in [-0.15, -0.1) is 0 Å². The molecule has 0 spiro atoms. The van der Waals surface area contributed by atoms with Crippen LogP contribution in [0.2, 0.25) is 5.02 Å². The number of hydrogen-bond acceptors (Lipinski definition) is 5. The van der Waals surface area contributed by atoms with Crippen LogP contribution in [0.15, 0.2) is 53.4 Å². The van der Waals surface area contributed by atoms with Gasteiger partial charge in [-0.3, -0.25) is 4.79 Å². The standard InChI is InChI=1S/C23H30ClN3O4S/c1-2-27(19-8-4-3-5-9-19)14-7-13-25-23(28)18-11-12-21(24)22(16-18)32(29,30)26-17-20-10-6-15-31-20/h3-5,8-9,11-12,16,20,26H,2,6-7,10,13-15,17H2,1H3,(H,25,28). The molecule has 1 aliphatic rings. The fraction of sp³-hybridized carbons (Fsp3) is 0.435. The molecule has 7 nitrogen and oxygen atoms in total. The SMILES string of the molecule is CCN(CCCNC(=O)c1ccc(Cl)c(S(=O)(=O)NCC2CCCO2)c1)c1ccccc1. The lowest BCUT2D eigenvalue weighted by Gasteiger charge is -2.23. The predicted octanol–water partition coefficient (Wildman–Crippen LogP) is 3.44. The number of benzene rings is 2. The fourth-order valence-electron chi connectivity index (χ4n) is 3.62. The molecule has 0 aliphatic carbocycles. The van der Waals surface area contributed by atoms with Crippen molar-refractivity contribution in [3.63, 3.8) is 0 Å². The number of ether oxygens (including phenoxy) is 1. The second kappa shape index (κ2) is 11.7. The summed E-state index contributed by atoms with van der Waals surface area (Å²) >= 11 is 6.13. The van der Waals surface area contributed by atoms with Gasteiger partial charge < -0.3 is 15.0 Å². The molecule has 0 radical (unpaired) electrons. The number of halogens is 1. The lowest BCUT2D eigenvalue weighted by molar-refractivity contribution is 0.0953. The molecule has 2 aromatic rings. The summed E-state index contributed by atoms with van der Waals surface area (Å²) in [6, 6.07) is 14.4. The van der Waals surface area contributed by atoms with Crippen LogP contribution in [0.4, 0.5) is 5.69 Å². The summed E-state index contributed by atoms with van der Waals surface area (Å²) in [4.78, 5) is 14.7. The number of anilines is 1. The maximum atomic E-state index is 12.7. The number of nitrogens with one attached hydrogen (secondary N) is 2. The smallest absolute Gasteiger partial charge is 0.251 e. The Bertz CT molecular complexity index is 996. The highest BCUT2D eigenvalue weighted by atomic mass is 35.5. The van der Waals surface area contributed by atoms with Gasteiger partial charge in [0, 0.05) is 44.0 Å². The van der Waals surface area contributed by atoms with Crippen molar-refractivity contribution in [2.75, 3.05) is 37.7 Å². The maximum absolute atomic E-state index is 12.7. The van der Waals surface area contributed by atoms with Crippen LogP contribution < -0.4 is 14.9 Å². The molecule has 1 aliphatic heterocycles. The van der Waals surface area contributed by atoms with E-state index in [1.807, 2.05) is 18.2 Å². The maximum Gasteiger partial charge on any atom is 0.251 e. The molecule has 2 aromatic carbocycles. The number of rotatable bonds is 11. The lowest BCUT2D eigenvalue weighted by atomic mass is 10.2. The fourth-order valence-corrected chi connectivity index (χ4v) is 5.21. The molecule has 1 amide bonds. The van der Waals surface area contributed by atoms with E-state index in [2.05, 4.69) is 34.0 Å². The van der Waals surface area contributed by atoms with Crippen LogP contribution >= 0.6 is 11.6 Å². The van der Waals surface area contributed by atoms with E-state index in [9.17, 15) is 13.2 Å². The van der Waals surface area contributed by atoms with Crippen LogP contribution in [0.3, 0.4) is 0 Å². The number of amides is 1. The molecule has 0 bridgehead atoms. The Morgan fingerprint density at radius 3 is 2.69 bits per heavy atom. The van der Waals surface area contributed by atoms with Gasteiger partial charge in [-0.05, 0) is 56.5 Å². The number of carbonyl (C=O) groups excluding carboxylic acids is 1. The Morgan fingerprint density at radius 2 is 2.00 bits per heavy atom.